The minimum Gasteiger partial charge on any atom is -0.383 e. The first-order chi connectivity index (χ1) is 4.27. The van der Waals surface area contributed by atoms with Gasteiger partial charge in [-0.3, -0.25) is 4.79 Å². The van der Waals surface area contributed by atoms with Gasteiger partial charge in [0.2, 0.25) is 0 Å². The average Bonchev–Trinajstić information content (AvgIpc) is 1.80. The quantitative estimate of drug-likeness (QED) is 0.526. The summed E-state index contributed by atoms with van der Waals surface area (Å²) < 4.78 is 4.75. The van der Waals surface area contributed by atoms with E-state index >= 15 is 0 Å². The van der Waals surface area contributed by atoms with E-state index in [0.717, 1.165) is 6.54 Å². The van der Waals surface area contributed by atoms with E-state index in [-0.39, 0.29) is 5.78 Å². The van der Waals surface area contributed by atoms with Crippen LogP contribution in [0.3, 0.4) is 0 Å². The molecular weight excluding hydrogens is 118 g/mol. The highest BCUT2D eigenvalue weighted by Crippen LogP contribution is 1.65. The molecule has 1 N–H and O–H groups in total. The van der Waals surface area contributed by atoms with E-state index < -0.39 is 0 Å². The lowest BCUT2D eigenvalue weighted by Gasteiger charge is -1.98. The summed E-state index contributed by atoms with van der Waals surface area (Å²) in [7, 11) is 1.63. The molecule has 0 bridgehead atoms. The Morgan fingerprint density at radius 1 is 1.67 bits per heavy atom. The smallest absolute Gasteiger partial charge is 0.143 e. The first-order valence-electron chi connectivity index (χ1n) is 2.96. The van der Waals surface area contributed by atoms with Crippen molar-refractivity contribution in [3.63, 3.8) is 0 Å². The molecule has 3 heteroatoms. The van der Waals surface area contributed by atoms with E-state index in [9.17, 15) is 4.79 Å². The van der Waals surface area contributed by atoms with Crippen molar-refractivity contribution in [1.82, 2.24) is 5.32 Å². The molecule has 0 spiro atoms. The molecule has 0 heterocycles. The fourth-order valence-corrected chi connectivity index (χ4v) is 0.439. The molecule has 0 saturated heterocycles. The summed E-state index contributed by atoms with van der Waals surface area (Å²) in [6.45, 7) is 3.41. The van der Waals surface area contributed by atoms with Crippen molar-refractivity contribution in [3.8, 4) is 0 Å². The summed E-state index contributed by atoms with van der Waals surface area (Å²) in [4.78, 5) is 10.3. The van der Waals surface area contributed by atoms with E-state index in [4.69, 9.17) is 4.74 Å². The minimum absolute atomic E-state index is 0.158. The molecule has 0 saturated carbocycles. The third-order valence-corrected chi connectivity index (χ3v) is 0.857. The standard InChI is InChI=1S/C6H13NO2/c1-6(8)5-7-3-4-9-2/h7H,3-5H2,1-2H3. The molecular formula is C6H13NO2. The Morgan fingerprint density at radius 3 is 2.78 bits per heavy atom. The van der Waals surface area contributed by atoms with Gasteiger partial charge in [-0.1, -0.05) is 0 Å². The van der Waals surface area contributed by atoms with Crippen LogP contribution in [0.15, 0.2) is 0 Å². The maximum Gasteiger partial charge on any atom is 0.143 e. The normalized spacial score (nSPS) is 9.56. The molecule has 0 aliphatic heterocycles. The topological polar surface area (TPSA) is 38.3 Å². The first kappa shape index (κ1) is 8.59. The lowest BCUT2D eigenvalue weighted by molar-refractivity contribution is -0.116. The van der Waals surface area contributed by atoms with Gasteiger partial charge in [-0.25, -0.2) is 0 Å². The second-order valence-corrected chi connectivity index (χ2v) is 1.87. The lowest BCUT2D eigenvalue weighted by Crippen LogP contribution is -2.24. The largest absolute Gasteiger partial charge is 0.383 e. The number of ether oxygens (including phenoxy) is 1. The average molecular weight is 131 g/mol. The van der Waals surface area contributed by atoms with Crippen LogP contribution >= 0.6 is 0 Å². The number of hydrogen-bond acceptors (Lipinski definition) is 3. The predicted molar refractivity (Wildman–Crippen MR) is 35.4 cm³/mol. The number of methoxy groups -OCH3 is 1. The van der Waals surface area contributed by atoms with Crippen LogP contribution in [0.5, 0.6) is 0 Å². The summed E-state index contributed by atoms with van der Waals surface area (Å²) in [5.74, 6) is 0.158. The van der Waals surface area contributed by atoms with E-state index in [1.807, 2.05) is 0 Å². The number of hydrogen-bond donors (Lipinski definition) is 1. The van der Waals surface area contributed by atoms with Crippen molar-refractivity contribution in [2.75, 3.05) is 26.8 Å². The van der Waals surface area contributed by atoms with Crippen LogP contribution in [-0.4, -0.2) is 32.6 Å². The van der Waals surface area contributed by atoms with Gasteiger partial charge in [0.05, 0.1) is 13.2 Å². The van der Waals surface area contributed by atoms with Crippen LogP contribution in [0.25, 0.3) is 0 Å². The number of rotatable bonds is 5. The van der Waals surface area contributed by atoms with Crippen LogP contribution in [0.4, 0.5) is 0 Å². The predicted octanol–water partition coefficient (Wildman–Crippen LogP) is -0.189. The SMILES string of the molecule is COCCNCC(C)=O. The minimum atomic E-state index is 0.158. The van der Waals surface area contributed by atoms with E-state index in [1.165, 1.54) is 0 Å². The van der Waals surface area contributed by atoms with Crippen molar-refractivity contribution in [1.29, 1.82) is 0 Å². The summed E-state index contributed by atoms with van der Waals surface area (Å²) in [5, 5.41) is 2.91. The van der Waals surface area contributed by atoms with Crippen LogP contribution in [0.1, 0.15) is 6.92 Å². The van der Waals surface area contributed by atoms with Crippen LogP contribution in [0, 0.1) is 0 Å². The Balaban J connectivity index is 2.83. The van der Waals surface area contributed by atoms with Crippen molar-refractivity contribution in [3.05, 3.63) is 0 Å². The number of Topliss-reactive ketones (excluding diaryl/α,β-unsaturated/α-hetero) is 1. The first-order valence-corrected chi connectivity index (χ1v) is 2.96. The van der Waals surface area contributed by atoms with Crippen LogP contribution < -0.4 is 5.32 Å². The number of carbonyl (C=O) groups excluding carboxylic acids is 1. The van der Waals surface area contributed by atoms with Gasteiger partial charge in [-0.05, 0) is 6.92 Å². The fraction of sp³-hybridized carbons (Fsp3) is 0.833. The molecule has 0 aromatic heterocycles. The van der Waals surface area contributed by atoms with Crippen molar-refractivity contribution < 1.29 is 9.53 Å². The molecule has 0 aliphatic rings. The highest BCUT2D eigenvalue weighted by atomic mass is 16.5. The van der Waals surface area contributed by atoms with Crippen molar-refractivity contribution >= 4 is 5.78 Å². The number of ketones is 1. The van der Waals surface area contributed by atoms with Gasteiger partial charge in [0.15, 0.2) is 0 Å². The van der Waals surface area contributed by atoms with Gasteiger partial charge in [0.25, 0.3) is 0 Å². The molecule has 0 radical (unpaired) electrons. The van der Waals surface area contributed by atoms with Crippen molar-refractivity contribution in [2.45, 2.75) is 6.92 Å². The maximum absolute atomic E-state index is 10.3. The lowest BCUT2D eigenvalue weighted by atomic mass is 10.4. The zero-order chi connectivity index (χ0) is 7.11. The second kappa shape index (κ2) is 5.72. The third kappa shape index (κ3) is 7.59. The molecule has 54 valence electrons. The third-order valence-electron chi connectivity index (χ3n) is 0.857. The van der Waals surface area contributed by atoms with Gasteiger partial charge in [-0.2, -0.15) is 0 Å². The molecule has 3 nitrogen and oxygen atoms in total. The summed E-state index contributed by atoms with van der Waals surface area (Å²) in [6.07, 6.45) is 0. The van der Waals surface area contributed by atoms with Gasteiger partial charge in [-0.15, -0.1) is 0 Å². The van der Waals surface area contributed by atoms with Crippen LogP contribution in [-0.2, 0) is 9.53 Å². The fourth-order valence-electron chi connectivity index (χ4n) is 0.439. The summed E-state index contributed by atoms with van der Waals surface area (Å²) in [5.41, 5.74) is 0. The molecule has 0 amide bonds. The Morgan fingerprint density at radius 2 is 2.33 bits per heavy atom. The van der Waals surface area contributed by atoms with Gasteiger partial charge < -0.3 is 10.1 Å². The van der Waals surface area contributed by atoms with Crippen LogP contribution in [0.2, 0.25) is 0 Å². The van der Waals surface area contributed by atoms with Crippen molar-refractivity contribution in [2.24, 2.45) is 0 Å². The maximum atomic E-state index is 10.3. The Hall–Kier alpha value is -0.410. The molecule has 9 heavy (non-hydrogen) atoms. The molecule has 0 aromatic carbocycles. The highest BCUT2D eigenvalue weighted by Gasteiger charge is 1.89. The number of carbonyl (C=O) groups is 1. The molecule has 0 fully saturated rings. The monoisotopic (exact) mass is 131 g/mol. The second-order valence-electron chi connectivity index (χ2n) is 1.87. The van der Waals surface area contributed by atoms with Gasteiger partial charge in [0, 0.05) is 13.7 Å². The van der Waals surface area contributed by atoms with Gasteiger partial charge in [0.1, 0.15) is 5.78 Å². The molecule has 0 aromatic rings. The van der Waals surface area contributed by atoms with Gasteiger partial charge >= 0.3 is 0 Å². The Kier molecular flexibility index (Phi) is 5.46. The zero-order valence-electron chi connectivity index (χ0n) is 5.94. The zero-order valence-corrected chi connectivity index (χ0v) is 5.94. The molecule has 0 aliphatic carbocycles. The molecule has 0 rings (SSSR count). The Bertz CT molecular complexity index is 83.1. The summed E-state index contributed by atoms with van der Waals surface area (Å²) >= 11 is 0. The van der Waals surface area contributed by atoms with E-state index in [2.05, 4.69) is 5.32 Å². The Labute approximate surface area is 55.4 Å². The van der Waals surface area contributed by atoms with E-state index in [0.29, 0.717) is 13.2 Å². The molecule has 0 atom stereocenters. The highest BCUT2D eigenvalue weighted by molar-refractivity contribution is 5.77. The van der Waals surface area contributed by atoms with E-state index in [1.54, 1.807) is 14.0 Å². The molecule has 0 unspecified atom stereocenters. The number of nitrogens with one attached hydrogen (secondary N) is 1. The summed E-state index contributed by atoms with van der Waals surface area (Å²) in [6, 6.07) is 0.